The SMILES string of the molecule is CC1(C)Cc2cc(CN3CC[C@H](NS(C)(=O)=O)C3)ccc2O1. The Labute approximate surface area is 132 Å². The largest absolute Gasteiger partial charge is 0.487 e. The molecule has 0 radical (unpaired) electrons. The first kappa shape index (κ1) is 15.8. The van der Waals surface area contributed by atoms with Crippen molar-refractivity contribution in [2.75, 3.05) is 19.3 Å². The summed E-state index contributed by atoms with van der Waals surface area (Å²) in [6.45, 7) is 6.76. The van der Waals surface area contributed by atoms with E-state index in [4.69, 9.17) is 4.74 Å². The van der Waals surface area contributed by atoms with Gasteiger partial charge in [-0.25, -0.2) is 13.1 Å². The van der Waals surface area contributed by atoms with Crippen LogP contribution in [0.1, 0.15) is 31.4 Å². The van der Waals surface area contributed by atoms with Crippen molar-refractivity contribution in [3.8, 4) is 5.75 Å². The minimum absolute atomic E-state index is 0.0340. The van der Waals surface area contributed by atoms with Crippen LogP contribution in [0, 0.1) is 0 Å². The van der Waals surface area contributed by atoms with Gasteiger partial charge in [0.25, 0.3) is 0 Å². The molecule has 0 unspecified atom stereocenters. The van der Waals surface area contributed by atoms with Crippen molar-refractivity contribution in [1.82, 2.24) is 9.62 Å². The van der Waals surface area contributed by atoms with E-state index in [1.54, 1.807) is 0 Å². The Bertz CT molecular complexity index is 670. The highest BCUT2D eigenvalue weighted by molar-refractivity contribution is 7.88. The molecule has 1 atom stereocenters. The average molecular weight is 324 g/mol. The summed E-state index contributed by atoms with van der Waals surface area (Å²) < 4.78 is 31.2. The molecular weight excluding hydrogens is 300 g/mol. The smallest absolute Gasteiger partial charge is 0.208 e. The van der Waals surface area contributed by atoms with Gasteiger partial charge in [-0.3, -0.25) is 4.90 Å². The molecule has 6 heteroatoms. The summed E-state index contributed by atoms with van der Waals surface area (Å²) >= 11 is 0. The Morgan fingerprint density at radius 3 is 2.91 bits per heavy atom. The number of sulfonamides is 1. The van der Waals surface area contributed by atoms with Crippen molar-refractivity contribution in [3.05, 3.63) is 29.3 Å². The summed E-state index contributed by atoms with van der Waals surface area (Å²) in [6, 6.07) is 6.42. The predicted molar refractivity (Wildman–Crippen MR) is 86.5 cm³/mol. The number of nitrogens with zero attached hydrogens (tertiary/aromatic N) is 1. The number of benzene rings is 1. The van der Waals surface area contributed by atoms with Crippen LogP contribution in [0.3, 0.4) is 0 Å². The topological polar surface area (TPSA) is 58.6 Å². The maximum Gasteiger partial charge on any atom is 0.208 e. The first-order valence-electron chi connectivity index (χ1n) is 7.71. The van der Waals surface area contributed by atoms with Gasteiger partial charge in [-0.2, -0.15) is 0 Å². The van der Waals surface area contributed by atoms with Crippen LogP contribution in [-0.2, 0) is 23.0 Å². The predicted octanol–water partition coefficient (Wildman–Crippen LogP) is 1.52. The van der Waals surface area contributed by atoms with Crippen molar-refractivity contribution >= 4 is 10.0 Å². The fourth-order valence-corrected chi connectivity index (χ4v) is 4.19. The monoisotopic (exact) mass is 324 g/mol. The maximum atomic E-state index is 11.3. The third-order valence-corrected chi connectivity index (χ3v) is 4.95. The zero-order valence-electron chi connectivity index (χ0n) is 13.4. The molecule has 1 saturated heterocycles. The number of likely N-dealkylation sites (tertiary alicyclic amines) is 1. The molecule has 122 valence electrons. The number of nitrogens with one attached hydrogen (secondary N) is 1. The summed E-state index contributed by atoms with van der Waals surface area (Å²) in [4.78, 5) is 2.30. The Hall–Kier alpha value is -1.11. The number of hydrogen-bond donors (Lipinski definition) is 1. The second kappa shape index (κ2) is 5.51. The Morgan fingerprint density at radius 1 is 1.41 bits per heavy atom. The zero-order chi connectivity index (χ0) is 16.0. The van der Waals surface area contributed by atoms with Gasteiger partial charge < -0.3 is 4.74 Å². The highest BCUT2D eigenvalue weighted by Gasteiger charge is 2.30. The molecule has 22 heavy (non-hydrogen) atoms. The van der Waals surface area contributed by atoms with Crippen LogP contribution in [0.25, 0.3) is 0 Å². The quantitative estimate of drug-likeness (QED) is 0.912. The molecule has 0 saturated carbocycles. The molecule has 0 bridgehead atoms. The van der Waals surface area contributed by atoms with Gasteiger partial charge in [-0.15, -0.1) is 0 Å². The Kier molecular flexibility index (Phi) is 3.95. The van der Waals surface area contributed by atoms with Crippen molar-refractivity contribution in [2.24, 2.45) is 0 Å². The molecule has 1 N–H and O–H groups in total. The van der Waals surface area contributed by atoms with Crippen LogP contribution in [0.2, 0.25) is 0 Å². The minimum atomic E-state index is -3.12. The molecule has 1 fully saturated rings. The van der Waals surface area contributed by atoms with Gasteiger partial charge >= 0.3 is 0 Å². The van der Waals surface area contributed by atoms with E-state index in [-0.39, 0.29) is 11.6 Å². The lowest BCUT2D eigenvalue weighted by Gasteiger charge is -2.17. The zero-order valence-corrected chi connectivity index (χ0v) is 14.2. The van der Waals surface area contributed by atoms with Gasteiger partial charge in [0.2, 0.25) is 10.0 Å². The van der Waals surface area contributed by atoms with Crippen molar-refractivity contribution < 1.29 is 13.2 Å². The Morgan fingerprint density at radius 2 is 2.18 bits per heavy atom. The number of rotatable bonds is 4. The lowest BCUT2D eigenvalue weighted by atomic mass is 10.00. The highest BCUT2D eigenvalue weighted by atomic mass is 32.2. The van der Waals surface area contributed by atoms with E-state index < -0.39 is 10.0 Å². The molecule has 1 aromatic rings. The average Bonchev–Trinajstić information content (AvgIpc) is 2.89. The molecule has 3 rings (SSSR count). The highest BCUT2D eigenvalue weighted by Crippen LogP contribution is 2.35. The minimum Gasteiger partial charge on any atom is -0.487 e. The van der Waals surface area contributed by atoms with Crippen molar-refractivity contribution in [1.29, 1.82) is 0 Å². The first-order valence-corrected chi connectivity index (χ1v) is 9.60. The third-order valence-electron chi connectivity index (χ3n) is 4.19. The van der Waals surface area contributed by atoms with E-state index in [2.05, 4.69) is 41.7 Å². The van der Waals surface area contributed by atoms with Crippen LogP contribution in [0.5, 0.6) is 5.75 Å². The lowest BCUT2D eigenvalue weighted by Crippen LogP contribution is -2.36. The molecule has 2 heterocycles. The van der Waals surface area contributed by atoms with Crippen LogP contribution in [0.4, 0.5) is 0 Å². The van der Waals surface area contributed by atoms with Crippen LogP contribution in [0.15, 0.2) is 18.2 Å². The van der Waals surface area contributed by atoms with Gasteiger partial charge in [0.05, 0.1) is 6.26 Å². The summed E-state index contributed by atoms with van der Waals surface area (Å²) in [5.74, 6) is 0.992. The van der Waals surface area contributed by atoms with Gasteiger partial charge in [-0.1, -0.05) is 12.1 Å². The molecule has 2 aliphatic rings. The summed E-state index contributed by atoms with van der Waals surface area (Å²) in [7, 11) is -3.12. The number of hydrogen-bond acceptors (Lipinski definition) is 4. The Balaban J connectivity index is 1.61. The normalized spacial score (nSPS) is 24.2. The molecule has 0 aliphatic carbocycles. The second-order valence-corrected chi connectivity index (χ2v) is 8.87. The number of ether oxygens (including phenoxy) is 1. The van der Waals surface area contributed by atoms with E-state index in [1.165, 1.54) is 17.4 Å². The van der Waals surface area contributed by atoms with E-state index in [1.807, 2.05) is 0 Å². The molecule has 0 aromatic heterocycles. The number of fused-ring (bicyclic) bond motifs is 1. The summed E-state index contributed by atoms with van der Waals surface area (Å²) in [5.41, 5.74) is 2.42. The molecule has 0 amide bonds. The van der Waals surface area contributed by atoms with Gasteiger partial charge in [0, 0.05) is 32.1 Å². The maximum absolute atomic E-state index is 11.3. The lowest BCUT2D eigenvalue weighted by molar-refractivity contribution is 0.138. The molecule has 2 aliphatic heterocycles. The van der Waals surface area contributed by atoms with Crippen LogP contribution < -0.4 is 9.46 Å². The van der Waals surface area contributed by atoms with Crippen molar-refractivity contribution in [2.45, 2.75) is 44.9 Å². The van der Waals surface area contributed by atoms with Crippen molar-refractivity contribution in [3.63, 3.8) is 0 Å². The van der Waals surface area contributed by atoms with E-state index in [9.17, 15) is 8.42 Å². The van der Waals surface area contributed by atoms with E-state index in [0.717, 1.165) is 38.2 Å². The second-order valence-electron chi connectivity index (χ2n) is 7.09. The summed E-state index contributed by atoms with van der Waals surface area (Å²) in [6.07, 6.45) is 3.03. The summed E-state index contributed by atoms with van der Waals surface area (Å²) in [5, 5.41) is 0. The fourth-order valence-electron chi connectivity index (χ4n) is 3.39. The van der Waals surface area contributed by atoms with E-state index >= 15 is 0 Å². The standard InChI is InChI=1S/C16H24N2O3S/c1-16(2)9-13-8-12(4-5-15(13)21-16)10-18-7-6-14(11-18)17-22(3,19)20/h4-5,8,14,17H,6-7,9-11H2,1-3H3/t14-/m0/s1. The molecule has 5 nitrogen and oxygen atoms in total. The molecule has 1 aromatic carbocycles. The van der Waals surface area contributed by atoms with Gasteiger partial charge in [0.15, 0.2) is 0 Å². The van der Waals surface area contributed by atoms with E-state index in [0.29, 0.717) is 0 Å². The van der Waals surface area contributed by atoms with Gasteiger partial charge in [0.1, 0.15) is 11.4 Å². The molecular formula is C16H24N2O3S. The molecule has 0 spiro atoms. The fraction of sp³-hybridized carbons (Fsp3) is 0.625. The van der Waals surface area contributed by atoms with Crippen LogP contribution in [-0.4, -0.2) is 44.3 Å². The van der Waals surface area contributed by atoms with Crippen LogP contribution >= 0.6 is 0 Å². The first-order chi connectivity index (χ1) is 10.2. The third kappa shape index (κ3) is 3.80. The van der Waals surface area contributed by atoms with Gasteiger partial charge in [-0.05, 0) is 37.5 Å².